The summed E-state index contributed by atoms with van der Waals surface area (Å²) in [6.45, 7) is 7.64. The number of nitrogens with zero attached hydrogens (tertiary/aromatic N) is 1. The lowest BCUT2D eigenvalue weighted by molar-refractivity contribution is 0.513. The Labute approximate surface area is 90.8 Å². The molecule has 0 saturated heterocycles. The summed E-state index contributed by atoms with van der Waals surface area (Å²) in [5.74, 6) is 0.729. The molecule has 1 aromatic heterocycles. The van der Waals surface area contributed by atoms with Crippen LogP contribution in [-0.2, 0) is 6.42 Å². The monoisotopic (exact) mass is 212 g/mol. The minimum Gasteiger partial charge on any atom is -0.320 e. The molecule has 80 valence electrons. The summed E-state index contributed by atoms with van der Waals surface area (Å²) in [4.78, 5) is 5.92. The van der Waals surface area contributed by atoms with Crippen molar-refractivity contribution in [2.45, 2.75) is 33.6 Å². The van der Waals surface area contributed by atoms with Gasteiger partial charge in [0.05, 0.1) is 10.7 Å². The van der Waals surface area contributed by atoms with E-state index in [0.717, 1.165) is 18.9 Å². The Bertz CT molecular complexity index is 261. The molecule has 1 unspecified atom stereocenters. The molecule has 1 heterocycles. The first-order valence-corrected chi connectivity index (χ1v) is 6.02. The highest BCUT2D eigenvalue weighted by Crippen LogP contribution is 2.20. The molecule has 0 radical (unpaired) electrons. The first kappa shape index (κ1) is 11.7. The van der Waals surface area contributed by atoms with Gasteiger partial charge in [-0.2, -0.15) is 0 Å². The molecule has 0 aromatic carbocycles. The number of aromatic nitrogens is 1. The standard InChI is InChI=1S/C11H20N2S/c1-8(5-6-12-4)7-11-13-9(2)10(3)14-11/h8,12H,5-7H2,1-4H3. The molecule has 0 aliphatic rings. The fourth-order valence-corrected chi connectivity index (χ4v) is 2.51. The van der Waals surface area contributed by atoms with E-state index in [0.29, 0.717) is 0 Å². The third-order valence-corrected chi connectivity index (χ3v) is 3.58. The van der Waals surface area contributed by atoms with Crippen LogP contribution < -0.4 is 5.32 Å². The first-order chi connectivity index (χ1) is 6.63. The van der Waals surface area contributed by atoms with Gasteiger partial charge in [-0.05, 0) is 39.8 Å². The highest BCUT2D eigenvalue weighted by atomic mass is 32.1. The number of nitrogens with one attached hydrogen (secondary N) is 1. The Hall–Kier alpha value is -0.410. The van der Waals surface area contributed by atoms with Crippen LogP contribution in [0.4, 0.5) is 0 Å². The van der Waals surface area contributed by atoms with Gasteiger partial charge in [-0.25, -0.2) is 4.98 Å². The Morgan fingerprint density at radius 3 is 2.64 bits per heavy atom. The van der Waals surface area contributed by atoms with Gasteiger partial charge in [0.2, 0.25) is 0 Å². The molecule has 1 atom stereocenters. The molecule has 1 rings (SSSR count). The van der Waals surface area contributed by atoms with Crippen molar-refractivity contribution in [3.63, 3.8) is 0 Å². The smallest absolute Gasteiger partial charge is 0.0933 e. The predicted molar refractivity (Wildman–Crippen MR) is 63.0 cm³/mol. The quantitative estimate of drug-likeness (QED) is 0.811. The van der Waals surface area contributed by atoms with Gasteiger partial charge >= 0.3 is 0 Å². The van der Waals surface area contributed by atoms with E-state index in [4.69, 9.17) is 0 Å². The first-order valence-electron chi connectivity index (χ1n) is 5.21. The summed E-state index contributed by atoms with van der Waals surface area (Å²) < 4.78 is 0. The van der Waals surface area contributed by atoms with E-state index in [1.54, 1.807) is 0 Å². The summed E-state index contributed by atoms with van der Waals surface area (Å²) in [5.41, 5.74) is 1.20. The van der Waals surface area contributed by atoms with Crippen molar-refractivity contribution < 1.29 is 0 Å². The van der Waals surface area contributed by atoms with Crippen molar-refractivity contribution in [3.05, 3.63) is 15.6 Å². The summed E-state index contributed by atoms with van der Waals surface area (Å²) >= 11 is 1.84. The lowest BCUT2D eigenvalue weighted by atomic mass is 10.0. The van der Waals surface area contributed by atoms with Crippen LogP contribution in [0.2, 0.25) is 0 Å². The molecule has 0 saturated carbocycles. The van der Waals surface area contributed by atoms with E-state index in [2.05, 4.69) is 31.1 Å². The zero-order valence-corrected chi connectivity index (χ0v) is 10.4. The van der Waals surface area contributed by atoms with Crippen LogP contribution in [-0.4, -0.2) is 18.6 Å². The van der Waals surface area contributed by atoms with Gasteiger partial charge in [0, 0.05) is 11.3 Å². The molecule has 0 aliphatic carbocycles. The molecular formula is C11H20N2S. The zero-order chi connectivity index (χ0) is 10.6. The second kappa shape index (κ2) is 5.47. The van der Waals surface area contributed by atoms with Gasteiger partial charge in [-0.1, -0.05) is 6.92 Å². The minimum absolute atomic E-state index is 0.729. The Balaban J connectivity index is 2.43. The van der Waals surface area contributed by atoms with Gasteiger partial charge in [0.25, 0.3) is 0 Å². The molecule has 2 nitrogen and oxygen atoms in total. The Morgan fingerprint density at radius 1 is 1.43 bits per heavy atom. The summed E-state index contributed by atoms with van der Waals surface area (Å²) in [7, 11) is 2.00. The maximum Gasteiger partial charge on any atom is 0.0933 e. The van der Waals surface area contributed by atoms with Gasteiger partial charge in [0.15, 0.2) is 0 Å². The SMILES string of the molecule is CNCCC(C)Cc1nc(C)c(C)s1. The molecule has 14 heavy (non-hydrogen) atoms. The van der Waals surface area contributed by atoms with E-state index in [1.165, 1.54) is 22.0 Å². The number of rotatable bonds is 5. The van der Waals surface area contributed by atoms with Gasteiger partial charge in [0.1, 0.15) is 0 Å². The summed E-state index contributed by atoms with van der Waals surface area (Å²) in [5, 5.41) is 4.48. The maximum absolute atomic E-state index is 4.56. The third kappa shape index (κ3) is 3.39. The van der Waals surface area contributed by atoms with Gasteiger partial charge in [-0.3, -0.25) is 0 Å². The zero-order valence-electron chi connectivity index (χ0n) is 9.55. The van der Waals surface area contributed by atoms with Crippen molar-refractivity contribution in [1.29, 1.82) is 0 Å². The lowest BCUT2D eigenvalue weighted by Gasteiger charge is -2.08. The second-order valence-electron chi connectivity index (χ2n) is 3.95. The van der Waals surface area contributed by atoms with E-state index in [9.17, 15) is 0 Å². The second-order valence-corrected chi connectivity index (χ2v) is 5.24. The number of hydrogen-bond acceptors (Lipinski definition) is 3. The summed E-state index contributed by atoms with van der Waals surface area (Å²) in [6.07, 6.45) is 2.36. The molecule has 0 spiro atoms. The van der Waals surface area contributed by atoms with E-state index < -0.39 is 0 Å². The van der Waals surface area contributed by atoms with E-state index in [1.807, 2.05) is 18.4 Å². The van der Waals surface area contributed by atoms with Crippen molar-refractivity contribution in [3.8, 4) is 0 Å². The topological polar surface area (TPSA) is 24.9 Å². The molecular weight excluding hydrogens is 192 g/mol. The molecule has 0 fully saturated rings. The molecule has 1 N–H and O–H groups in total. The minimum atomic E-state index is 0.729. The average Bonchev–Trinajstić information content (AvgIpc) is 2.42. The molecule has 0 amide bonds. The van der Waals surface area contributed by atoms with Gasteiger partial charge in [-0.15, -0.1) is 11.3 Å². The molecule has 3 heteroatoms. The Morgan fingerprint density at radius 2 is 2.14 bits per heavy atom. The largest absolute Gasteiger partial charge is 0.320 e. The molecule has 0 aliphatic heterocycles. The van der Waals surface area contributed by atoms with Crippen molar-refractivity contribution in [2.75, 3.05) is 13.6 Å². The fourth-order valence-electron chi connectivity index (χ4n) is 1.42. The van der Waals surface area contributed by atoms with Gasteiger partial charge < -0.3 is 5.32 Å². The van der Waals surface area contributed by atoms with E-state index >= 15 is 0 Å². The van der Waals surface area contributed by atoms with Crippen LogP contribution in [0.15, 0.2) is 0 Å². The van der Waals surface area contributed by atoms with E-state index in [-0.39, 0.29) is 0 Å². The Kier molecular flexibility index (Phi) is 4.55. The van der Waals surface area contributed by atoms with Crippen LogP contribution in [0.25, 0.3) is 0 Å². The normalized spacial score (nSPS) is 13.1. The van der Waals surface area contributed by atoms with Crippen LogP contribution in [0.1, 0.15) is 28.9 Å². The summed E-state index contributed by atoms with van der Waals surface area (Å²) in [6, 6.07) is 0. The van der Waals surface area contributed by atoms with Crippen molar-refractivity contribution >= 4 is 11.3 Å². The predicted octanol–water partition coefficient (Wildman–Crippen LogP) is 2.55. The lowest BCUT2D eigenvalue weighted by Crippen LogP contribution is -2.12. The average molecular weight is 212 g/mol. The molecule has 0 bridgehead atoms. The van der Waals surface area contributed by atoms with Crippen LogP contribution >= 0.6 is 11.3 Å². The van der Waals surface area contributed by atoms with Crippen LogP contribution in [0.5, 0.6) is 0 Å². The highest BCUT2D eigenvalue weighted by Gasteiger charge is 2.08. The van der Waals surface area contributed by atoms with Crippen molar-refractivity contribution in [2.24, 2.45) is 5.92 Å². The number of thiazole rings is 1. The molecule has 1 aromatic rings. The van der Waals surface area contributed by atoms with Crippen LogP contribution in [0, 0.1) is 19.8 Å². The number of aryl methyl sites for hydroxylation is 2. The van der Waals surface area contributed by atoms with Crippen molar-refractivity contribution in [1.82, 2.24) is 10.3 Å². The number of hydrogen-bond donors (Lipinski definition) is 1. The van der Waals surface area contributed by atoms with Crippen LogP contribution in [0.3, 0.4) is 0 Å². The highest BCUT2D eigenvalue weighted by molar-refractivity contribution is 7.11. The fraction of sp³-hybridized carbons (Fsp3) is 0.727. The third-order valence-electron chi connectivity index (χ3n) is 2.48. The maximum atomic E-state index is 4.56.